The molecule has 42 heavy (non-hydrogen) atoms. The van der Waals surface area contributed by atoms with Crippen LogP contribution < -0.4 is 10.9 Å². The molecule has 3 aromatic rings. The van der Waals surface area contributed by atoms with Gasteiger partial charge >= 0.3 is 12.2 Å². The predicted octanol–water partition coefficient (Wildman–Crippen LogP) is 5.35. The largest absolute Gasteiger partial charge is 0.445 e. The Kier molecular flexibility index (Phi) is 9.56. The lowest BCUT2D eigenvalue weighted by Gasteiger charge is -2.35. The maximum atomic E-state index is 12.9. The number of aromatic nitrogens is 2. The number of hydrogen-bond acceptors (Lipinski definition) is 8. The number of aromatic amines is 1. The SMILES string of the molecule is CC(C)(C)OC(=O)N1CCCC(C[C@H](NC(=O)OCc2ccccc2)c2cc(-c3ccc([N+](=O)[O-])cc3)c(=O)[nH]n2)C1. The van der Waals surface area contributed by atoms with E-state index in [4.69, 9.17) is 9.47 Å². The van der Waals surface area contributed by atoms with Crippen molar-refractivity contribution in [1.29, 1.82) is 0 Å². The number of amides is 2. The van der Waals surface area contributed by atoms with Crippen LogP contribution in [0.4, 0.5) is 15.3 Å². The lowest BCUT2D eigenvalue weighted by molar-refractivity contribution is -0.384. The van der Waals surface area contributed by atoms with E-state index in [1.54, 1.807) is 11.0 Å². The number of non-ortho nitro benzene ring substituents is 1. The maximum Gasteiger partial charge on any atom is 0.410 e. The van der Waals surface area contributed by atoms with E-state index in [-0.39, 0.29) is 29.9 Å². The van der Waals surface area contributed by atoms with Crippen molar-refractivity contribution in [3.63, 3.8) is 0 Å². The van der Waals surface area contributed by atoms with Crippen molar-refractivity contribution in [2.75, 3.05) is 13.1 Å². The van der Waals surface area contributed by atoms with Crippen LogP contribution >= 0.6 is 0 Å². The molecule has 1 aliphatic rings. The fourth-order valence-corrected chi connectivity index (χ4v) is 4.82. The van der Waals surface area contributed by atoms with Gasteiger partial charge in [-0.1, -0.05) is 30.3 Å². The second-order valence-electron chi connectivity index (χ2n) is 11.3. The number of carbonyl (C=O) groups excluding carboxylic acids is 2. The Morgan fingerprint density at radius 2 is 1.88 bits per heavy atom. The first-order valence-corrected chi connectivity index (χ1v) is 13.8. The highest BCUT2D eigenvalue weighted by Gasteiger charge is 2.31. The minimum Gasteiger partial charge on any atom is -0.445 e. The molecule has 0 bridgehead atoms. The van der Waals surface area contributed by atoms with Gasteiger partial charge in [0.15, 0.2) is 0 Å². The van der Waals surface area contributed by atoms with Crippen LogP contribution in [-0.2, 0) is 16.1 Å². The van der Waals surface area contributed by atoms with E-state index in [1.165, 1.54) is 24.3 Å². The zero-order valence-corrected chi connectivity index (χ0v) is 23.9. The summed E-state index contributed by atoms with van der Waals surface area (Å²) in [5.74, 6) is 0.00208. The van der Waals surface area contributed by atoms with Crippen LogP contribution in [-0.4, -0.2) is 50.9 Å². The molecule has 2 aromatic carbocycles. The van der Waals surface area contributed by atoms with E-state index in [0.29, 0.717) is 30.8 Å². The average Bonchev–Trinajstić information content (AvgIpc) is 2.96. The van der Waals surface area contributed by atoms with Crippen molar-refractivity contribution < 1.29 is 24.0 Å². The van der Waals surface area contributed by atoms with Crippen molar-refractivity contribution in [1.82, 2.24) is 20.4 Å². The molecule has 1 aliphatic heterocycles. The molecule has 1 aromatic heterocycles. The number of nitro groups is 1. The maximum absolute atomic E-state index is 12.9. The minimum absolute atomic E-state index is 0.00208. The number of carbonyl (C=O) groups is 2. The monoisotopic (exact) mass is 577 g/mol. The van der Waals surface area contributed by atoms with Gasteiger partial charge in [0.05, 0.1) is 22.2 Å². The van der Waals surface area contributed by atoms with Crippen molar-refractivity contribution >= 4 is 17.9 Å². The number of nitro benzene ring substituents is 1. The smallest absolute Gasteiger partial charge is 0.410 e. The molecule has 2 atom stereocenters. The van der Waals surface area contributed by atoms with Gasteiger partial charge in [-0.25, -0.2) is 14.7 Å². The lowest BCUT2D eigenvalue weighted by Crippen LogP contribution is -2.44. The predicted molar refractivity (Wildman–Crippen MR) is 155 cm³/mol. The van der Waals surface area contributed by atoms with Gasteiger partial charge in [0, 0.05) is 25.2 Å². The molecule has 1 fully saturated rings. The van der Waals surface area contributed by atoms with Gasteiger partial charge in [0.1, 0.15) is 12.2 Å². The van der Waals surface area contributed by atoms with Gasteiger partial charge in [-0.15, -0.1) is 0 Å². The average molecular weight is 578 g/mol. The molecule has 2 amide bonds. The van der Waals surface area contributed by atoms with Gasteiger partial charge in [0.25, 0.3) is 11.2 Å². The number of rotatable bonds is 8. The van der Waals surface area contributed by atoms with E-state index in [2.05, 4.69) is 15.5 Å². The zero-order chi connectivity index (χ0) is 30.3. The van der Waals surface area contributed by atoms with E-state index >= 15 is 0 Å². The lowest BCUT2D eigenvalue weighted by atomic mass is 9.90. The minimum atomic E-state index is -0.662. The summed E-state index contributed by atoms with van der Waals surface area (Å²) in [6, 6.07) is 15.8. The number of nitrogens with zero attached hydrogens (tertiary/aromatic N) is 3. The summed E-state index contributed by atoms with van der Waals surface area (Å²) in [6.07, 6.45) is 0.950. The molecule has 0 radical (unpaired) electrons. The molecular weight excluding hydrogens is 542 g/mol. The number of hydrogen-bond donors (Lipinski definition) is 2. The standard InChI is InChI=1S/C30H35N5O7/c1-30(2,3)42-29(38)34-15-7-10-21(18-34)16-25(31-28(37)41-19-20-8-5-4-6-9-20)26-17-24(27(36)33-32-26)22-11-13-23(14-12-22)35(39)40/h4-6,8-9,11-14,17,21,25H,7,10,15-16,18-19H2,1-3H3,(H,31,37)(H,33,36)/t21?,25-/m0/s1. The number of ether oxygens (including phenoxy) is 2. The molecule has 222 valence electrons. The summed E-state index contributed by atoms with van der Waals surface area (Å²) in [4.78, 5) is 50.6. The summed E-state index contributed by atoms with van der Waals surface area (Å²) in [6.45, 7) is 6.53. The van der Waals surface area contributed by atoms with Crippen LogP contribution in [0.25, 0.3) is 11.1 Å². The van der Waals surface area contributed by atoms with Gasteiger partial charge in [-0.05, 0) is 75.3 Å². The fraction of sp³-hybridized carbons (Fsp3) is 0.400. The summed E-state index contributed by atoms with van der Waals surface area (Å²) in [5, 5.41) is 20.7. The highest BCUT2D eigenvalue weighted by Crippen LogP contribution is 2.29. The highest BCUT2D eigenvalue weighted by atomic mass is 16.6. The van der Waals surface area contributed by atoms with E-state index in [9.17, 15) is 24.5 Å². The van der Waals surface area contributed by atoms with E-state index in [1.807, 2.05) is 51.1 Å². The third-order valence-electron chi connectivity index (χ3n) is 6.81. The van der Waals surface area contributed by atoms with Gasteiger partial charge < -0.3 is 19.7 Å². The molecule has 2 heterocycles. The Bertz CT molecular complexity index is 1450. The molecule has 1 saturated heterocycles. The van der Waals surface area contributed by atoms with Gasteiger partial charge in [-0.2, -0.15) is 5.10 Å². The summed E-state index contributed by atoms with van der Waals surface area (Å²) < 4.78 is 11.0. The normalized spacial score (nSPS) is 15.9. The summed E-state index contributed by atoms with van der Waals surface area (Å²) in [5.41, 5.74) is 0.720. The second kappa shape index (κ2) is 13.3. The summed E-state index contributed by atoms with van der Waals surface area (Å²) in [7, 11) is 0. The van der Waals surface area contributed by atoms with Crippen molar-refractivity contribution in [3.05, 3.63) is 92.4 Å². The van der Waals surface area contributed by atoms with Crippen LogP contribution in [0.5, 0.6) is 0 Å². The number of alkyl carbamates (subject to hydrolysis) is 1. The Balaban J connectivity index is 1.56. The van der Waals surface area contributed by atoms with Crippen LogP contribution in [0.15, 0.2) is 65.5 Å². The fourth-order valence-electron chi connectivity index (χ4n) is 4.82. The van der Waals surface area contributed by atoms with Crippen molar-refractivity contribution in [2.24, 2.45) is 5.92 Å². The third kappa shape index (κ3) is 8.38. The first-order valence-electron chi connectivity index (χ1n) is 13.8. The molecular formula is C30H35N5O7. The van der Waals surface area contributed by atoms with Crippen LogP contribution in [0.3, 0.4) is 0 Å². The Hall–Kier alpha value is -4.74. The topological polar surface area (TPSA) is 157 Å². The summed E-state index contributed by atoms with van der Waals surface area (Å²) >= 11 is 0. The first kappa shape index (κ1) is 30.2. The van der Waals surface area contributed by atoms with Gasteiger partial charge in [0.2, 0.25) is 0 Å². The van der Waals surface area contributed by atoms with Crippen LogP contribution in [0.2, 0.25) is 0 Å². The Morgan fingerprint density at radius 1 is 1.17 bits per heavy atom. The van der Waals surface area contributed by atoms with Crippen molar-refractivity contribution in [2.45, 2.75) is 58.3 Å². The molecule has 0 saturated carbocycles. The quantitative estimate of drug-likeness (QED) is 0.268. The molecule has 12 nitrogen and oxygen atoms in total. The molecule has 0 spiro atoms. The zero-order valence-electron chi connectivity index (χ0n) is 23.9. The molecule has 12 heteroatoms. The van der Waals surface area contributed by atoms with Gasteiger partial charge in [-0.3, -0.25) is 14.9 Å². The molecule has 0 aliphatic carbocycles. The number of likely N-dealkylation sites (tertiary alicyclic amines) is 1. The van der Waals surface area contributed by atoms with E-state index < -0.39 is 28.2 Å². The first-order chi connectivity index (χ1) is 20.0. The molecule has 2 N–H and O–H groups in total. The number of benzene rings is 2. The molecule has 4 rings (SSSR count). The van der Waals surface area contributed by atoms with Crippen LogP contribution in [0.1, 0.15) is 57.3 Å². The van der Waals surface area contributed by atoms with Crippen molar-refractivity contribution in [3.8, 4) is 11.1 Å². The second-order valence-corrected chi connectivity index (χ2v) is 11.3. The Labute approximate surface area is 243 Å². The number of piperidine rings is 1. The Morgan fingerprint density at radius 3 is 2.55 bits per heavy atom. The number of nitrogens with one attached hydrogen (secondary N) is 2. The third-order valence-corrected chi connectivity index (χ3v) is 6.81. The van der Waals surface area contributed by atoms with Crippen LogP contribution in [0, 0.1) is 16.0 Å². The molecule has 1 unspecified atom stereocenters. The van der Waals surface area contributed by atoms with E-state index in [0.717, 1.165) is 18.4 Å². The highest BCUT2D eigenvalue weighted by molar-refractivity contribution is 5.69. The number of H-pyrrole nitrogens is 1.